The maximum atomic E-state index is 10.8. The van der Waals surface area contributed by atoms with E-state index in [2.05, 4.69) is 91.7 Å². The molecule has 0 spiro atoms. The van der Waals surface area contributed by atoms with Crippen LogP contribution in [-0.4, -0.2) is 35.8 Å². The summed E-state index contributed by atoms with van der Waals surface area (Å²) in [7, 11) is -3.72. The lowest BCUT2D eigenvalue weighted by molar-refractivity contribution is -0.141. The SMILES string of the molecule is CC(=O)OCCOC=C=Cc1cc(CO[Si](C)(C)C(C)(C)C)cc(CO[Si](C)(C)C(C)(C)C)c1. The average molecular weight is 507 g/mol. The highest BCUT2D eigenvalue weighted by atomic mass is 28.4. The summed E-state index contributed by atoms with van der Waals surface area (Å²) >= 11 is 0. The Morgan fingerprint density at radius 1 is 0.853 bits per heavy atom. The first-order chi connectivity index (χ1) is 15.4. The summed E-state index contributed by atoms with van der Waals surface area (Å²) < 4.78 is 23.1. The smallest absolute Gasteiger partial charge is 0.302 e. The summed E-state index contributed by atoms with van der Waals surface area (Å²) in [5, 5.41) is 0.315. The van der Waals surface area contributed by atoms with Crippen LogP contribution in [0.1, 0.15) is 65.2 Å². The fraction of sp³-hybridized carbons (Fsp3) is 0.630. The lowest BCUT2D eigenvalue weighted by Crippen LogP contribution is -2.40. The summed E-state index contributed by atoms with van der Waals surface area (Å²) in [5.41, 5.74) is 6.34. The van der Waals surface area contributed by atoms with Crippen LogP contribution in [-0.2, 0) is 36.3 Å². The summed E-state index contributed by atoms with van der Waals surface area (Å²) in [5.74, 6) is -0.313. The van der Waals surface area contributed by atoms with Crippen molar-refractivity contribution in [1.29, 1.82) is 0 Å². The van der Waals surface area contributed by atoms with E-state index in [4.69, 9.17) is 18.3 Å². The van der Waals surface area contributed by atoms with Gasteiger partial charge in [-0.2, -0.15) is 0 Å². The van der Waals surface area contributed by atoms with Gasteiger partial charge in [0.1, 0.15) is 19.5 Å². The zero-order valence-corrected chi connectivity index (χ0v) is 25.3. The lowest BCUT2D eigenvalue weighted by atomic mass is 10.1. The Morgan fingerprint density at radius 3 is 1.74 bits per heavy atom. The highest BCUT2D eigenvalue weighted by Gasteiger charge is 2.38. The quantitative estimate of drug-likeness (QED) is 0.103. The van der Waals surface area contributed by atoms with Crippen molar-refractivity contribution in [1.82, 2.24) is 0 Å². The van der Waals surface area contributed by atoms with Gasteiger partial charge >= 0.3 is 5.97 Å². The van der Waals surface area contributed by atoms with Gasteiger partial charge in [0.05, 0.1) is 13.2 Å². The molecule has 0 saturated carbocycles. The molecule has 0 unspecified atom stereocenters. The van der Waals surface area contributed by atoms with Crippen LogP contribution in [0.3, 0.4) is 0 Å². The van der Waals surface area contributed by atoms with Crippen LogP contribution in [0.4, 0.5) is 0 Å². The molecule has 0 amide bonds. The van der Waals surface area contributed by atoms with Crippen LogP contribution in [0.25, 0.3) is 6.08 Å². The van der Waals surface area contributed by atoms with E-state index in [1.165, 1.54) is 13.2 Å². The fourth-order valence-electron chi connectivity index (χ4n) is 2.47. The van der Waals surface area contributed by atoms with E-state index in [9.17, 15) is 4.79 Å². The van der Waals surface area contributed by atoms with E-state index in [1.54, 1.807) is 0 Å². The van der Waals surface area contributed by atoms with Crippen molar-refractivity contribution in [3.63, 3.8) is 0 Å². The molecule has 0 radical (unpaired) electrons. The average Bonchev–Trinajstić information content (AvgIpc) is 2.68. The van der Waals surface area contributed by atoms with Crippen LogP contribution in [0.2, 0.25) is 36.3 Å². The van der Waals surface area contributed by atoms with Crippen LogP contribution < -0.4 is 0 Å². The van der Waals surface area contributed by atoms with Gasteiger partial charge in [0, 0.05) is 6.92 Å². The van der Waals surface area contributed by atoms with E-state index in [1.807, 2.05) is 6.08 Å². The largest absolute Gasteiger partial charge is 0.489 e. The first kappa shape index (κ1) is 30.4. The molecule has 0 aliphatic rings. The van der Waals surface area contributed by atoms with Crippen molar-refractivity contribution in [2.24, 2.45) is 0 Å². The number of ether oxygens (including phenoxy) is 2. The molecule has 0 aromatic heterocycles. The minimum atomic E-state index is -1.86. The standard InChI is InChI=1S/C27H46O5Si2/c1-22(28)30-16-15-29-14-12-13-23-17-24(20-31-33(8,9)26(2,3)4)19-25(18-23)21-32-34(10,11)27(5,6)7/h13-14,17-19H,15-16,20-21H2,1-11H3. The summed E-state index contributed by atoms with van der Waals surface area (Å²) in [4.78, 5) is 10.8. The van der Waals surface area contributed by atoms with Gasteiger partial charge < -0.3 is 18.3 Å². The fourth-order valence-corrected chi connectivity index (χ4v) is 4.39. The van der Waals surface area contributed by atoms with Gasteiger partial charge in [-0.3, -0.25) is 4.79 Å². The van der Waals surface area contributed by atoms with E-state index < -0.39 is 16.6 Å². The zero-order chi connectivity index (χ0) is 26.2. The Morgan fingerprint density at radius 2 is 1.32 bits per heavy atom. The van der Waals surface area contributed by atoms with Gasteiger partial charge in [0.25, 0.3) is 0 Å². The van der Waals surface area contributed by atoms with Crippen LogP contribution in [0, 0.1) is 0 Å². The van der Waals surface area contributed by atoms with Gasteiger partial charge in [-0.25, -0.2) is 0 Å². The van der Waals surface area contributed by atoms with Crippen molar-refractivity contribution >= 4 is 28.7 Å². The van der Waals surface area contributed by atoms with Crippen molar-refractivity contribution in [3.8, 4) is 0 Å². The summed E-state index contributed by atoms with van der Waals surface area (Å²) in [6.07, 6.45) is 3.38. The molecule has 0 heterocycles. The molecule has 1 aromatic rings. The van der Waals surface area contributed by atoms with Crippen molar-refractivity contribution < 1.29 is 23.1 Å². The monoisotopic (exact) mass is 506 g/mol. The molecular formula is C27H46O5Si2. The summed E-state index contributed by atoms with van der Waals surface area (Å²) in [6, 6.07) is 6.45. The third-order valence-corrected chi connectivity index (χ3v) is 15.8. The second-order valence-corrected chi connectivity index (χ2v) is 21.4. The molecule has 192 valence electrons. The van der Waals surface area contributed by atoms with E-state index in [0.717, 1.165) is 16.7 Å². The molecule has 0 atom stereocenters. The van der Waals surface area contributed by atoms with E-state index >= 15 is 0 Å². The Hall–Kier alpha value is -1.64. The number of benzene rings is 1. The van der Waals surface area contributed by atoms with Gasteiger partial charge in [-0.1, -0.05) is 53.3 Å². The predicted molar refractivity (Wildman–Crippen MR) is 146 cm³/mol. The van der Waals surface area contributed by atoms with Gasteiger partial charge in [0.2, 0.25) is 0 Å². The van der Waals surface area contributed by atoms with Crippen LogP contribution in [0.5, 0.6) is 0 Å². The van der Waals surface area contributed by atoms with Crippen molar-refractivity contribution in [2.75, 3.05) is 13.2 Å². The first-order valence-electron chi connectivity index (χ1n) is 12.0. The summed E-state index contributed by atoms with van der Waals surface area (Å²) in [6.45, 7) is 25.7. The zero-order valence-electron chi connectivity index (χ0n) is 23.3. The molecule has 0 N–H and O–H groups in total. The number of carbonyl (C=O) groups is 1. The van der Waals surface area contributed by atoms with Crippen LogP contribution >= 0.6 is 0 Å². The highest BCUT2D eigenvalue weighted by molar-refractivity contribution is 6.74. The van der Waals surface area contributed by atoms with E-state index in [0.29, 0.717) is 19.8 Å². The van der Waals surface area contributed by atoms with Crippen LogP contribution in [0.15, 0.2) is 30.2 Å². The lowest BCUT2D eigenvalue weighted by Gasteiger charge is -2.36. The highest BCUT2D eigenvalue weighted by Crippen LogP contribution is 2.38. The Bertz CT molecular complexity index is 822. The molecule has 0 aliphatic carbocycles. The third kappa shape index (κ3) is 10.3. The second-order valence-electron chi connectivity index (χ2n) is 11.8. The van der Waals surface area contributed by atoms with Crippen molar-refractivity contribution in [2.45, 2.75) is 97.9 Å². The number of rotatable bonds is 11. The molecule has 7 heteroatoms. The minimum absolute atomic E-state index is 0.158. The molecule has 5 nitrogen and oxygen atoms in total. The number of hydrogen-bond donors (Lipinski definition) is 0. The molecular weight excluding hydrogens is 460 g/mol. The van der Waals surface area contributed by atoms with Gasteiger partial charge in [0.15, 0.2) is 16.6 Å². The maximum Gasteiger partial charge on any atom is 0.302 e. The second kappa shape index (κ2) is 12.4. The number of carbonyl (C=O) groups excluding carboxylic acids is 1. The molecule has 1 aromatic carbocycles. The molecule has 0 aliphatic heterocycles. The van der Waals surface area contributed by atoms with Crippen molar-refractivity contribution in [3.05, 3.63) is 46.9 Å². The molecule has 34 heavy (non-hydrogen) atoms. The van der Waals surface area contributed by atoms with Gasteiger partial charge in [-0.05, 0) is 71.2 Å². The Kier molecular flexibility index (Phi) is 11.1. The molecule has 1 rings (SSSR count). The Balaban J connectivity index is 3.05. The minimum Gasteiger partial charge on any atom is -0.489 e. The van der Waals surface area contributed by atoms with E-state index in [-0.39, 0.29) is 22.7 Å². The molecule has 0 bridgehead atoms. The normalized spacial score (nSPS) is 12.7. The molecule has 0 saturated heterocycles. The third-order valence-electron chi connectivity index (χ3n) is 6.79. The predicted octanol–water partition coefficient (Wildman–Crippen LogP) is 7.44. The molecule has 0 fully saturated rings. The first-order valence-corrected chi connectivity index (χ1v) is 17.8. The number of esters is 1. The number of hydrogen-bond acceptors (Lipinski definition) is 5. The Labute approximate surface area is 209 Å². The maximum absolute atomic E-state index is 10.8. The van der Waals surface area contributed by atoms with Gasteiger partial charge in [-0.15, -0.1) is 0 Å². The topological polar surface area (TPSA) is 54.0 Å².